The highest BCUT2D eigenvalue weighted by atomic mass is 16.1. The second-order valence-electron chi connectivity index (χ2n) is 2.99. The van der Waals surface area contributed by atoms with Crippen molar-refractivity contribution in [3.05, 3.63) is 35.4 Å². The number of hydrogen-bond acceptors (Lipinski definition) is 3. The van der Waals surface area contributed by atoms with E-state index in [-0.39, 0.29) is 18.0 Å². The zero-order valence-corrected chi connectivity index (χ0v) is 7.78. The predicted molar refractivity (Wildman–Crippen MR) is 50.8 cm³/mol. The number of ketones is 2. The largest absolute Gasteiger partial charge is 0.300 e. The van der Waals surface area contributed by atoms with Gasteiger partial charge in [-0.2, -0.15) is 5.26 Å². The fraction of sp³-hybridized carbons (Fsp3) is 0.182. The normalized spacial score (nSPS) is 9.14. The fourth-order valence-electron chi connectivity index (χ4n) is 1.06. The summed E-state index contributed by atoms with van der Waals surface area (Å²) in [5.74, 6) is -0.360. The van der Waals surface area contributed by atoms with Crippen molar-refractivity contribution in [2.45, 2.75) is 13.3 Å². The molecule has 0 spiro atoms. The number of nitriles is 1. The number of rotatable bonds is 3. The standard InChI is InChI=1S/C11H9NO2/c1-8(13)6-11(14)10-4-2-9(7-12)3-5-10/h2-5H,6H2,1H3. The number of hydrogen-bond donors (Lipinski definition) is 0. The smallest absolute Gasteiger partial charge is 0.170 e. The van der Waals surface area contributed by atoms with E-state index in [1.54, 1.807) is 24.3 Å². The van der Waals surface area contributed by atoms with E-state index in [9.17, 15) is 9.59 Å². The van der Waals surface area contributed by atoms with Gasteiger partial charge in [-0.05, 0) is 19.1 Å². The van der Waals surface area contributed by atoms with Crippen LogP contribution in [0.3, 0.4) is 0 Å². The minimum atomic E-state index is -0.206. The summed E-state index contributed by atoms with van der Waals surface area (Å²) >= 11 is 0. The van der Waals surface area contributed by atoms with Crippen molar-refractivity contribution in [3.8, 4) is 6.07 Å². The van der Waals surface area contributed by atoms with Gasteiger partial charge in [-0.1, -0.05) is 12.1 Å². The molecule has 0 amide bonds. The molecule has 70 valence electrons. The molecule has 0 N–H and O–H groups in total. The predicted octanol–water partition coefficient (Wildman–Crippen LogP) is 1.72. The molecule has 3 heteroatoms. The molecular formula is C11H9NO2. The first-order valence-corrected chi connectivity index (χ1v) is 4.16. The van der Waals surface area contributed by atoms with Crippen molar-refractivity contribution < 1.29 is 9.59 Å². The van der Waals surface area contributed by atoms with E-state index in [0.29, 0.717) is 11.1 Å². The Morgan fingerprint density at radius 1 is 1.29 bits per heavy atom. The second kappa shape index (κ2) is 4.33. The molecule has 3 nitrogen and oxygen atoms in total. The molecule has 1 rings (SSSR count). The lowest BCUT2D eigenvalue weighted by Gasteiger charge is -1.97. The molecule has 0 atom stereocenters. The van der Waals surface area contributed by atoms with Crippen molar-refractivity contribution in [2.75, 3.05) is 0 Å². The second-order valence-corrected chi connectivity index (χ2v) is 2.99. The van der Waals surface area contributed by atoms with Crippen LogP contribution in [-0.4, -0.2) is 11.6 Å². The van der Waals surface area contributed by atoms with Crippen LogP contribution in [0.4, 0.5) is 0 Å². The Labute approximate surface area is 82.0 Å². The molecule has 0 aliphatic heterocycles. The third kappa shape index (κ3) is 2.53. The van der Waals surface area contributed by atoms with Gasteiger partial charge in [0.1, 0.15) is 5.78 Å². The van der Waals surface area contributed by atoms with Gasteiger partial charge < -0.3 is 0 Å². The zero-order chi connectivity index (χ0) is 10.6. The Morgan fingerprint density at radius 2 is 1.86 bits per heavy atom. The first-order valence-electron chi connectivity index (χ1n) is 4.16. The Bertz CT molecular complexity index is 398. The minimum Gasteiger partial charge on any atom is -0.300 e. The number of Topliss-reactive ketones (excluding diaryl/α,β-unsaturated/α-hetero) is 2. The quantitative estimate of drug-likeness (QED) is 0.534. The van der Waals surface area contributed by atoms with Crippen LogP contribution in [0, 0.1) is 11.3 Å². The molecule has 0 radical (unpaired) electrons. The Hall–Kier alpha value is -1.95. The molecular weight excluding hydrogens is 178 g/mol. The summed E-state index contributed by atoms with van der Waals surface area (Å²) in [5.41, 5.74) is 0.976. The summed E-state index contributed by atoms with van der Waals surface area (Å²) in [4.78, 5) is 22.0. The van der Waals surface area contributed by atoms with Gasteiger partial charge in [0.25, 0.3) is 0 Å². The molecule has 0 unspecified atom stereocenters. The third-order valence-corrected chi connectivity index (χ3v) is 1.75. The fourth-order valence-corrected chi connectivity index (χ4v) is 1.06. The summed E-state index contributed by atoms with van der Waals surface area (Å²) < 4.78 is 0. The van der Waals surface area contributed by atoms with E-state index in [4.69, 9.17) is 5.26 Å². The van der Waals surface area contributed by atoms with Crippen LogP contribution < -0.4 is 0 Å². The Morgan fingerprint density at radius 3 is 2.29 bits per heavy atom. The lowest BCUT2D eigenvalue weighted by Crippen LogP contribution is -2.04. The maximum Gasteiger partial charge on any atom is 0.170 e. The summed E-state index contributed by atoms with van der Waals surface area (Å²) in [5, 5.41) is 8.52. The van der Waals surface area contributed by atoms with Crippen molar-refractivity contribution in [1.82, 2.24) is 0 Å². The molecule has 0 bridgehead atoms. The molecule has 0 heterocycles. The average Bonchev–Trinajstić information content (AvgIpc) is 2.17. The van der Waals surface area contributed by atoms with E-state index in [2.05, 4.69) is 0 Å². The summed E-state index contributed by atoms with van der Waals surface area (Å²) in [7, 11) is 0. The van der Waals surface area contributed by atoms with Crippen LogP contribution in [0.15, 0.2) is 24.3 Å². The van der Waals surface area contributed by atoms with Crippen molar-refractivity contribution in [2.24, 2.45) is 0 Å². The molecule has 0 fully saturated rings. The minimum absolute atomic E-state index is 0.0775. The molecule has 0 saturated heterocycles. The van der Waals surface area contributed by atoms with Gasteiger partial charge in [-0.3, -0.25) is 9.59 Å². The monoisotopic (exact) mass is 187 g/mol. The molecule has 0 aliphatic carbocycles. The van der Waals surface area contributed by atoms with E-state index in [0.717, 1.165) is 0 Å². The van der Waals surface area contributed by atoms with E-state index in [1.165, 1.54) is 6.92 Å². The summed E-state index contributed by atoms with van der Waals surface area (Å²) in [6.45, 7) is 1.38. The lowest BCUT2D eigenvalue weighted by molar-refractivity contribution is -0.116. The van der Waals surface area contributed by atoms with Crippen molar-refractivity contribution >= 4 is 11.6 Å². The van der Waals surface area contributed by atoms with Gasteiger partial charge in [-0.15, -0.1) is 0 Å². The number of carbonyl (C=O) groups is 2. The van der Waals surface area contributed by atoms with Gasteiger partial charge in [0.05, 0.1) is 18.1 Å². The average molecular weight is 187 g/mol. The van der Waals surface area contributed by atoms with Gasteiger partial charge in [0, 0.05) is 5.56 Å². The molecule has 0 aromatic heterocycles. The molecule has 14 heavy (non-hydrogen) atoms. The van der Waals surface area contributed by atoms with Crippen LogP contribution in [0.2, 0.25) is 0 Å². The topological polar surface area (TPSA) is 57.9 Å². The summed E-state index contributed by atoms with van der Waals surface area (Å²) in [6, 6.07) is 8.20. The first kappa shape index (κ1) is 10.1. The van der Waals surface area contributed by atoms with E-state index in [1.807, 2.05) is 6.07 Å². The van der Waals surface area contributed by atoms with Gasteiger partial charge in [0.2, 0.25) is 0 Å². The van der Waals surface area contributed by atoms with Crippen LogP contribution in [0.25, 0.3) is 0 Å². The number of nitrogens with zero attached hydrogens (tertiary/aromatic N) is 1. The SMILES string of the molecule is CC(=O)CC(=O)c1ccc(C#N)cc1. The maximum atomic E-state index is 11.4. The molecule has 1 aromatic rings. The highest BCUT2D eigenvalue weighted by Gasteiger charge is 2.07. The lowest BCUT2D eigenvalue weighted by atomic mass is 10.1. The van der Waals surface area contributed by atoms with Crippen molar-refractivity contribution in [1.29, 1.82) is 5.26 Å². The van der Waals surface area contributed by atoms with Gasteiger partial charge in [-0.25, -0.2) is 0 Å². The Balaban J connectivity index is 2.83. The summed E-state index contributed by atoms with van der Waals surface area (Å²) in [6.07, 6.45) is -0.0775. The highest BCUT2D eigenvalue weighted by Crippen LogP contribution is 2.06. The first-order chi connectivity index (χ1) is 6.63. The highest BCUT2D eigenvalue weighted by molar-refractivity contribution is 6.07. The van der Waals surface area contributed by atoms with Crippen molar-refractivity contribution in [3.63, 3.8) is 0 Å². The van der Waals surface area contributed by atoms with Crippen LogP contribution >= 0.6 is 0 Å². The zero-order valence-electron chi connectivity index (χ0n) is 7.78. The molecule has 0 saturated carbocycles. The van der Waals surface area contributed by atoms with E-state index >= 15 is 0 Å². The molecule has 0 aliphatic rings. The number of benzene rings is 1. The van der Waals surface area contributed by atoms with Gasteiger partial charge >= 0.3 is 0 Å². The van der Waals surface area contributed by atoms with Crippen LogP contribution in [0.1, 0.15) is 29.3 Å². The maximum absolute atomic E-state index is 11.4. The van der Waals surface area contributed by atoms with Crippen LogP contribution in [0.5, 0.6) is 0 Å². The Kier molecular flexibility index (Phi) is 3.14. The third-order valence-electron chi connectivity index (χ3n) is 1.75. The molecule has 1 aromatic carbocycles. The van der Waals surface area contributed by atoms with E-state index < -0.39 is 0 Å². The number of carbonyl (C=O) groups excluding carboxylic acids is 2. The van der Waals surface area contributed by atoms with Gasteiger partial charge in [0.15, 0.2) is 5.78 Å². The van der Waals surface area contributed by atoms with Crippen LogP contribution in [-0.2, 0) is 4.79 Å².